The topological polar surface area (TPSA) is 49.0 Å². The largest absolute Gasteiger partial charge is 0.471 e. The van der Waals surface area contributed by atoms with Crippen molar-refractivity contribution in [1.29, 1.82) is 0 Å². The fourth-order valence-electron chi connectivity index (χ4n) is 0.265. The lowest BCUT2D eigenvalue weighted by Gasteiger charge is -2.04. The number of carbonyl (C=O) groups excluding carboxylic acids is 1. The van der Waals surface area contributed by atoms with Crippen LogP contribution in [0.5, 0.6) is 0 Å². The molecule has 0 aliphatic rings. The summed E-state index contributed by atoms with van der Waals surface area (Å²) in [6, 6.07) is 0. The molecule has 0 aromatic carbocycles. The maximum atomic E-state index is 11.3. The summed E-state index contributed by atoms with van der Waals surface area (Å²) < 4.78 is 33.8. The SMILES string of the molecule is [O]CCNC(=O)C(F)(F)F. The lowest BCUT2D eigenvalue weighted by atomic mass is 10.5. The van der Waals surface area contributed by atoms with Crippen molar-refractivity contribution in [3.8, 4) is 0 Å². The minimum absolute atomic E-state index is 0.488. The summed E-state index contributed by atoms with van der Waals surface area (Å²) in [5.74, 6) is -2.07. The quantitative estimate of drug-likeness (QED) is 0.605. The number of hydrogen-bond donors (Lipinski definition) is 1. The summed E-state index contributed by atoms with van der Waals surface area (Å²) in [6.45, 7) is -1.24. The highest BCUT2D eigenvalue weighted by Crippen LogP contribution is 2.13. The summed E-state index contributed by atoms with van der Waals surface area (Å²) in [5, 5.41) is 11.0. The van der Waals surface area contributed by atoms with Gasteiger partial charge in [-0.15, -0.1) is 0 Å². The molecule has 59 valence electrons. The van der Waals surface area contributed by atoms with Crippen LogP contribution in [0.4, 0.5) is 13.2 Å². The van der Waals surface area contributed by atoms with Crippen LogP contribution >= 0.6 is 0 Å². The number of carbonyl (C=O) groups is 1. The maximum absolute atomic E-state index is 11.3. The monoisotopic (exact) mass is 156 g/mol. The van der Waals surface area contributed by atoms with Crippen LogP contribution in [0.1, 0.15) is 0 Å². The predicted molar refractivity (Wildman–Crippen MR) is 24.6 cm³/mol. The van der Waals surface area contributed by atoms with E-state index < -0.39 is 25.2 Å². The number of alkyl halides is 3. The smallest absolute Gasteiger partial charge is 0.346 e. The lowest BCUT2D eigenvalue weighted by Crippen LogP contribution is -2.37. The van der Waals surface area contributed by atoms with Gasteiger partial charge in [-0.05, 0) is 0 Å². The third kappa shape index (κ3) is 3.29. The van der Waals surface area contributed by atoms with Gasteiger partial charge in [0.2, 0.25) is 0 Å². The third-order valence-corrected chi connectivity index (χ3v) is 0.645. The molecule has 3 nitrogen and oxygen atoms in total. The Balaban J connectivity index is 3.64. The molecule has 10 heavy (non-hydrogen) atoms. The molecule has 6 heteroatoms. The molecule has 0 fully saturated rings. The summed E-state index contributed by atoms with van der Waals surface area (Å²) in [4.78, 5) is 9.85. The molecular weight excluding hydrogens is 151 g/mol. The normalized spacial score (nSPS) is 11.2. The van der Waals surface area contributed by atoms with E-state index in [1.165, 1.54) is 5.32 Å². The second kappa shape index (κ2) is 3.40. The van der Waals surface area contributed by atoms with E-state index in [2.05, 4.69) is 0 Å². The van der Waals surface area contributed by atoms with Crippen LogP contribution in [0, 0.1) is 0 Å². The van der Waals surface area contributed by atoms with E-state index in [1.807, 2.05) is 0 Å². The van der Waals surface area contributed by atoms with Crippen LogP contribution in [0.3, 0.4) is 0 Å². The molecule has 0 unspecified atom stereocenters. The van der Waals surface area contributed by atoms with Crippen molar-refractivity contribution in [2.45, 2.75) is 6.18 Å². The van der Waals surface area contributed by atoms with Crippen LogP contribution in [-0.4, -0.2) is 25.2 Å². The average molecular weight is 156 g/mol. The standard InChI is InChI=1S/C4H5F3NO2/c5-4(6,7)3(10)8-1-2-9/h1-2H2,(H,8,10). The van der Waals surface area contributed by atoms with Gasteiger partial charge in [0.05, 0.1) is 6.61 Å². The number of amides is 1. The molecule has 0 aromatic rings. The van der Waals surface area contributed by atoms with Crippen molar-refractivity contribution in [2.75, 3.05) is 13.2 Å². The first-order valence-corrected chi connectivity index (χ1v) is 2.41. The summed E-state index contributed by atoms with van der Waals surface area (Å²) in [5.41, 5.74) is 0. The molecule has 1 N–H and O–H groups in total. The summed E-state index contributed by atoms with van der Waals surface area (Å²) in [7, 11) is 0. The summed E-state index contributed by atoms with van der Waals surface area (Å²) in [6.07, 6.45) is -4.88. The Morgan fingerprint density at radius 2 is 1.90 bits per heavy atom. The molecule has 1 radical (unpaired) electrons. The fourth-order valence-corrected chi connectivity index (χ4v) is 0.265. The number of nitrogens with one attached hydrogen (secondary N) is 1. The molecule has 0 heterocycles. The minimum Gasteiger partial charge on any atom is -0.346 e. The second-order valence-electron chi connectivity index (χ2n) is 1.46. The Morgan fingerprint density at radius 3 is 2.20 bits per heavy atom. The van der Waals surface area contributed by atoms with E-state index in [0.29, 0.717) is 0 Å². The zero-order valence-corrected chi connectivity index (χ0v) is 4.86. The average Bonchev–Trinajstić information content (AvgIpc) is 1.80. The van der Waals surface area contributed by atoms with E-state index in [-0.39, 0.29) is 0 Å². The van der Waals surface area contributed by atoms with E-state index in [4.69, 9.17) is 0 Å². The van der Waals surface area contributed by atoms with E-state index >= 15 is 0 Å². The molecule has 0 aliphatic carbocycles. The first-order valence-electron chi connectivity index (χ1n) is 2.41. The van der Waals surface area contributed by atoms with Gasteiger partial charge in [0.1, 0.15) is 0 Å². The highest BCUT2D eigenvalue weighted by atomic mass is 19.4. The van der Waals surface area contributed by atoms with E-state index in [9.17, 15) is 23.1 Å². The van der Waals surface area contributed by atoms with Gasteiger partial charge in [0.25, 0.3) is 0 Å². The Kier molecular flexibility index (Phi) is 3.14. The van der Waals surface area contributed by atoms with Gasteiger partial charge >= 0.3 is 12.1 Å². The molecule has 0 bridgehead atoms. The van der Waals surface area contributed by atoms with Gasteiger partial charge in [0, 0.05) is 6.54 Å². The summed E-state index contributed by atoms with van der Waals surface area (Å²) >= 11 is 0. The van der Waals surface area contributed by atoms with Crippen molar-refractivity contribution in [1.82, 2.24) is 5.32 Å². The van der Waals surface area contributed by atoms with Crippen molar-refractivity contribution < 1.29 is 23.1 Å². The second-order valence-corrected chi connectivity index (χ2v) is 1.46. The van der Waals surface area contributed by atoms with Crippen molar-refractivity contribution in [3.05, 3.63) is 0 Å². The Labute approximate surface area is 54.8 Å². The maximum Gasteiger partial charge on any atom is 0.471 e. The van der Waals surface area contributed by atoms with Crippen molar-refractivity contribution in [2.24, 2.45) is 0 Å². The van der Waals surface area contributed by atoms with Gasteiger partial charge in [-0.25, -0.2) is 5.11 Å². The number of hydrogen-bond acceptors (Lipinski definition) is 1. The van der Waals surface area contributed by atoms with Crippen molar-refractivity contribution >= 4 is 5.91 Å². The molecule has 0 spiro atoms. The molecule has 1 amide bonds. The van der Waals surface area contributed by atoms with Gasteiger partial charge < -0.3 is 5.32 Å². The molecule has 0 aliphatic heterocycles. The number of rotatable bonds is 2. The predicted octanol–water partition coefficient (Wildman–Crippen LogP) is 0.0954. The van der Waals surface area contributed by atoms with Gasteiger partial charge in [0.15, 0.2) is 0 Å². The van der Waals surface area contributed by atoms with Crippen LogP contribution in [0.2, 0.25) is 0 Å². The molecule has 0 rings (SSSR count). The van der Waals surface area contributed by atoms with E-state index in [1.54, 1.807) is 0 Å². The van der Waals surface area contributed by atoms with E-state index in [0.717, 1.165) is 0 Å². The molecule has 0 saturated carbocycles. The van der Waals surface area contributed by atoms with Crippen LogP contribution in [0.25, 0.3) is 0 Å². The van der Waals surface area contributed by atoms with Crippen LogP contribution in [-0.2, 0) is 9.90 Å². The Morgan fingerprint density at radius 1 is 1.40 bits per heavy atom. The minimum atomic E-state index is -4.88. The van der Waals surface area contributed by atoms with Crippen LogP contribution < -0.4 is 5.32 Å². The first kappa shape index (κ1) is 9.22. The fraction of sp³-hybridized carbons (Fsp3) is 0.750. The zero-order valence-electron chi connectivity index (χ0n) is 4.86. The number of halogens is 3. The van der Waals surface area contributed by atoms with Gasteiger partial charge in [-0.2, -0.15) is 13.2 Å². The first-order chi connectivity index (χ1) is 4.48. The lowest BCUT2D eigenvalue weighted by molar-refractivity contribution is -0.173. The molecule has 0 saturated heterocycles. The third-order valence-electron chi connectivity index (χ3n) is 0.645. The Bertz CT molecular complexity index is 122. The highest BCUT2D eigenvalue weighted by molar-refractivity contribution is 5.81. The van der Waals surface area contributed by atoms with Gasteiger partial charge in [-0.3, -0.25) is 4.79 Å². The molecular formula is C4H5F3NO2. The molecule has 0 aromatic heterocycles. The zero-order chi connectivity index (χ0) is 8.20. The Hall–Kier alpha value is -0.780. The van der Waals surface area contributed by atoms with Crippen LogP contribution in [0.15, 0.2) is 0 Å². The van der Waals surface area contributed by atoms with Crippen molar-refractivity contribution in [3.63, 3.8) is 0 Å². The molecule has 0 atom stereocenters. The highest BCUT2D eigenvalue weighted by Gasteiger charge is 2.38. The van der Waals surface area contributed by atoms with Gasteiger partial charge in [-0.1, -0.05) is 0 Å².